The molecule has 122 valence electrons. The summed E-state index contributed by atoms with van der Waals surface area (Å²) in [5, 5.41) is 11.8. The molecule has 0 bridgehead atoms. The van der Waals surface area contributed by atoms with Gasteiger partial charge in [-0.3, -0.25) is 4.79 Å². The van der Waals surface area contributed by atoms with Gasteiger partial charge in [-0.2, -0.15) is 0 Å². The van der Waals surface area contributed by atoms with Crippen LogP contribution in [0.15, 0.2) is 42.5 Å². The van der Waals surface area contributed by atoms with Gasteiger partial charge in [-0.1, -0.05) is 30.3 Å². The molecule has 2 N–H and O–H groups in total. The Hall–Kier alpha value is -2.40. The highest BCUT2D eigenvalue weighted by Gasteiger charge is 2.07. The molecular formula is C18H20FNO3. The van der Waals surface area contributed by atoms with Crippen LogP contribution < -0.4 is 10.1 Å². The second-order valence-electron chi connectivity index (χ2n) is 5.22. The number of benzene rings is 2. The van der Waals surface area contributed by atoms with Gasteiger partial charge in [0.15, 0.2) is 11.6 Å². The maximum absolute atomic E-state index is 13.6. The van der Waals surface area contributed by atoms with Gasteiger partial charge in [-0.15, -0.1) is 0 Å². The van der Waals surface area contributed by atoms with Crippen molar-refractivity contribution in [3.8, 4) is 5.75 Å². The summed E-state index contributed by atoms with van der Waals surface area (Å²) < 4.78 is 18.4. The quantitative estimate of drug-likeness (QED) is 0.823. The first kappa shape index (κ1) is 17.0. The van der Waals surface area contributed by atoms with E-state index in [1.165, 1.54) is 19.2 Å². The minimum absolute atomic E-state index is 0.0233. The van der Waals surface area contributed by atoms with Gasteiger partial charge in [0, 0.05) is 6.54 Å². The summed E-state index contributed by atoms with van der Waals surface area (Å²) in [7, 11) is 1.40. The number of methoxy groups -OCH3 is 1. The normalized spacial score (nSPS) is 10.4. The van der Waals surface area contributed by atoms with E-state index < -0.39 is 5.82 Å². The average molecular weight is 317 g/mol. The summed E-state index contributed by atoms with van der Waals surface area (Å²) >= 11 is 0. The topological polar surface area (TPSA) is 58.6 Å². The summed E-state index contributed by atoms with van der Waals surface area (Å²) in [6.45, 7) is 0.533. The Labute approximate surface area is 134 Å². The lowest BCUT2D eigenvalue weighted by Gasteiger charge is -2.07. The van der Waals surface area contributed by atoms with Crippen molar-refractivity contribution in [2.45, 2.75) is 19.4 Å². The first-order valence-corrected chi connectivity index (χ1v) is 7.40. The Morgan fingerprint density at radius 2 is 1.78 bits per heavy atom. The number of carbonyl (C=O) groups excluding carboxylic acids is 1. The van der Waals surface area contributed by atoms with E-state index in [1.54, 1.807) is 6.07 Å². The molecule has 0 aliphatic carbocycles. The Bertz CT molecular complexity index is 656. The zero-order valence-corrected chi connectivity index (χ0v) is 13.0. The molecule has 0 atom stereocenters. The summed E-state index contributed by atoms with van der Waals surface area (Å²) in [4.78, 5) is 11.9. The molecule has 2 rings (SSSR count). The first-order chi connectivity index (χ1) is 11.1. The van der Waals surface area contributed by atoms with Crippen molar-refractivity contribution in [2.24, 2.45) is 0 Å². The van der Waals surface area contributed by atoms with Crippen LogP contribution in [0.25, 0.3) is 0 Å². The molecule has 0 aliphatic rings. The highest BCUT2D eigenvalue weighted by molar-refractivity contribution is 5.78. The third-order valence-electron chi connectivity index (χ3n) is 3.52. The smallest absolute Gasteiger partial charge is 0.224 e. The van der Waals surface area contributed by atoms with E-state index in [0.717, 1.165) is 11.1 Å². The van der Waals surface area contributed by atoms with Crippen LogP contribution >= 0.6 is 0 Å². The molecule has 2 aromatic rings. The van der Waals surface area contributed by atoms with Crippen LogP contribution in [0.1, 0.15) is 16.7 Å². The van der Waals surface area contributed by atoms with E-state index in [2.05, 4.69) is 5.32 Å². The van der Waals surface area contributed by atoms with Gasteiger partial charge in [0.2, 0.25) is 5.91 Å². The molecule has 4 nitrogen and oxygen atoms in total. The molecule has 0 radical (unpaired) electrons. The number of aliphatic hydroxyl groups excluding tert-OH is 1. The summed E-state index contributed by atoms with van der Waals surface area (Å²) in [6, 6.07) is 12.1. The van der Waals surface area contributed by atoms with E-state index in [1.807, 2.05) is 24.3 Å². The molecule has 23 heavy (non-hydrogen) atoms. The van der Waals surface area contributed by atoms with Gasteiger partial charge in [0.1, 0.15) is 0 Å². The second-order valence-corrected chi connectivity index (χ2v) is 5.22. The molecular weight excluding hydrogens is 297 g/mol. The van der Waals surface area contributed by atoms with Crippen LogP contribution in [0.4, 0.5) is 4.39 Å². The highest BCUT2D eigenvalue weighted by Crippen LogP contribution is 2.17. The summed E-state index contributed by atoms with van der Waals surface area (Å²) in [5.74, 6) is -0.455. The van der Waals surface area contributed by atoms with Gasteiger partial charge in [0.25, 0.3) is 0 Å². The van der Waals surface area contributed by atoms with E-state index in [-0.39, 0.29) is 24.7 Å². The largest absolute Gasteiger partial charge is 0.494 e. The van der Waals surface area contributed by atoms with Gasteiger partial charge in [0.05, 0.1) is 20.1 Å². The van der Waals surface area contributed by atoms with Crippen molar-refractivity contribution in [2.75, 3.05) is 13.7 Å². The van der Waals surface area contributed by atoms with Gasteiger partial charge in [-0.25, -0.2) is 4.39 Å². The predicted molar refractivity (Wildman–Crippen MR) is 85.7 cm³/mol. The molecule has 5 heteroatoms. The Balaban J connectivity index is 1.79. The number of carbonyl (C=O) groups is 1. The van der Waals surface area contributed by atoms with Crippen LogP contribution in [-0.4, -0.2) is 24.7 Å². The zero-order chi connectivity index (χ0) is 16.7. The molecule has 2 aromatic carbocycles. The van der Waals surface area contributed by atoms with Crippen molar-refractivity contribution in [3.63, 3.8) is 0 Å². The highest BCUT2D eigenvalue weighted by atomic mass is 19.1. The number of rotatable bonds is 7. The third kappa shape index (κ3) is 5.07. The Morgan fingerprint density at radius 3 is 2.39 bits per heavy atom. The molecule has 0 saturated carbocycles. The number of hydrogen-bond donors (Lipinski definition) is 2. The minimum Gasteiger partial charge on any atom is -0.494 e. The van der Waals surface area contributed by atoms with Crippen molar-refractivity contribution >= 4 is 5.91 Å². The van der Waals surface area contributed by atoms with E-state index in [0.29, 0.717) is 18.5 Å². The number of halogens is 1. The third-order valence-corrected chi connectivity index (χ3v) is 3.52. The second kappa shape index (κ2) is 8.29. The van der Waals surface area contributed by atoms with Gasteiger partial charge >= 0.3 is 0 Å². The first-order valence-electron chi connectivity index (χ1n) is 7.40. The monoisotopic (exact) mass is 317 g/mol. The molecule has 0 unspecified atom stereocenters. The Kier molecular flexibility index (Phi) is 6.11. The van der Waals surface area contributed by atoms with Crippen molar-refractivity contribution in [3.05, 3.63) is 65.0 Å². The number of hydrogen-bond acceptors (Lipinski definition) is 3. The van der Waals surface area contributed by atoms with Crippen LogP contribution in [0.2, 0.25) is 0 Å². The number of amides is 1. The molecule has 0 saturated heterocycles. The lowest BCUT2D eigenvalue weighted by molar-refractivity contribution is -0.120. The average Bonchev–Trinajstić information content (AvgIpc) is 2.55. The number of ether oxygens (including phenoxy) is 1. The molecule has 0 fully saturated rings. The zero-order valence-electron chi connectivity index (χ0n) is 13.0. The SMILES string of the molecule is COc1ccc(CC(=O)NCCc2ccc(CO)cc2)cc1F. The van der Waals surface area contributed by atoms with Crippen LogP contribution in [0.3, 0.4) is 0 Å². The summed E-state index contributed by atoms with van der Waals surface area (Å²) in [6.07, 6.45) is 0.832. The van der Waals surface area contributed by atoms with Crippen LogP contribution in [0.5, 0.6) is 5.75 Å². The van der Waals surface area contributed by atoms with Crippen molar-refractivity contribution in [1.82, 2.24) is 5.32 Å². The lowest BCUT2D eigenvalue weighted by atomic mass is 10.1. The van der Waals surface area contributed by atoms with Crippen molar-refractivity contribution in [1.29, 1.82) is 0 Å². The van der Waals surface area contributed by atoms with E-state index in [4.69, 9.17) is 9.84 Å². The fourth-order valence-corrected chi connectivity index (χ4v) is 2.23. The fraction of sp³-hybridized carbons (Fsp3) is 0.278. The fourth-order valence-electron chi connectivity index (χ4n) is 2.23. The Morgan fingerprint density at radius 1 is 1.13 bits per heavy atom. The summed E-state index contributed by atoms with van der Waals surface area (Å²) in [5.41, 5.74) is 2.55. The minimum atomic E-state index is -0.471. The predicted octanol–water partition coefficient (Wildman–Crippen LogP) is 2.23. The lowest BCUT2D eigenvalue weighted by Crippen LogP contribution is -2.27. The van der Waals surface area contributed by atoms with Crippen LogP contribution in [0, 0.1) is 5.82 Å². The van der Waals surface area contributed by atoms with Gasteiger partial charge in [-0.05, 0) is 35.2 Å². The van der Waals surface area contributed by atoms with Crippen LogP contribution in [-0.2, 0) is 24.2 Å². The van der Waals surface area contributed by atoms with Gasteiger partial charge < -0.3 is 15.2 Å². The number of nitrogens with one attached hydrogen (secondary N) is 1. The molecule has 0 spiro atoms. The van der Waals surface area contributed by atoms with E-state index in [9.17, 15) is 9.18 Å². The molecule has 0 heterocycles. The number of aliphatic hydroxyl groups is 1. The maximum atomic E-state index is 13.6. The maximum Gasteiger partial charge on any atom is 0.224 e. The standard InChI is InChI=1S/C18H20FNO3/c1-23-17-7-6-15(10-16(17)19)11-18(22)20-9-8-13-2-4-14(12-21)5-3-13/h2-7,10,21H,8-9,11-12H2,1H3,(H,20,22). The molecule has 1 amide bonds. The molecule has 0 aliphatic heterocycles. The van der Waals surface area contributed by atoms with E-state index >= 15 is 0 Å². The van der Waals surface area contributed by atoms with Crippen molar-refractivity contribution < 1.29 is 19.0 Å². The molecule has 0 aromatic heterocycles.